The Balaban J connectivity index is 1.48. The highest BCUT2D eigenvalue weighted by Gasteiger charge is 2.21. The monoisotopic (exact) mass is 374 g/mol. The lowest BCUT2D eigenvalue weighted by atomic mass is 9.96. The average molecular weight is 375 g/mol. The Morgan fingerprint density at radius 2 is 1.38 bits per heavy atom. The van der Waals surface area contributed by atoms with Crippen LogP contribution >= 0.6 is 12.2 Å². The maximum Gasteiger partial charge on any atom is 0.232 e. The van der Waals surface area contributed by atoms with E-state index in [0.717, 1.165) is 37.8 Å². The van der Waals surface area contributed by atoms with Crippen LogP contribution in [0.3, 0.4) is 0 Å². The third-order valence-corrected chi connectivity index (χ3v) is 5.94. The highest BCUT2D eigenvalue weighted by atomic mass is 32.1. The fourth-order valence-corrected chi connectivity index (χ4v) is 4.52. The molecular weight excluding hydrogens is 344 g/mol. The van der Waals surface area contributed by atoms with Crippen molar-refractivity contribution in [3.05, 3.63) is 6.07 Å². The smallest absolute Gasteiger partial charge is 0.232 e. The van der Waals surface area contributed by atoms with E-state index in [4.69, 9.17) is 22.2 Å². The van der Waals surface area contributed by atoms with Gasteiger partial charge >= 0.3 is 0 Å². The second-order valence-electron chi connectivity index (χ2n) is 7.73. The quantitative estimate of drug-likeness (QED) is 0.784. The summed E-state index contributed by atoms with van der Waals surface area (Å²) in [6, 6.07) is 2.64. The fraction of sp³-hybridized carbons (Fsp3) is 0.737. The second-order valence-corrected chi connectivity index (χ2v) is 8.14. The zero-order chi connectivity index (χ0) is 17.8. The van der Waals surface area contributed by atoms with Gasteiger partial charge in [0.05, 0.1) is 0 Å². The number of hydrogen-bond acceptors (Lipinski definition) is 5. The summed E-state index contributed by atoms with van der Waals surface area (Å²) in [4.78, 5) is 14.3. The molecule has 142 valence electrons. The molecule has 3 heterocycles. The van der Waals surface area contributed by atoms with Gasteiger partial charge in [-0.15, -0.1) is 0 Å². The third-order valence-electron chi connectivity index (χ3n) is 5.72. The Hall–Kier alpha value is -1.63. The summed E-state index contributed by atoms with van der Waals surface area (Å²) in [7, 11) is 0. The first kappa shape index (κ1) is 17.8. The maximum atomic E-state index is 5.54. The summed E-state index contributed by atoms with van der Waals surface area (Å²) >= 11 is 5.54. The molecule has 1 aromatic heterocycles. The van der Waals surface area contributed by atoms with Crippen molar-refractivity contribution in [3.8, 4) is 0 Å². The van der Waals surface area contributed by atoms with E-state index < -0.39 is 0 Å². The molecule has 2 saturated heterocycles. The third kappa shape index (κ3) is 4.37. The van der Waals surface area contributed by atoms with E-state index in [1.807, 2.05) is 0 Å². The van der Waals surface area contributed by atoms with Crippen molar-refractivity contribution in [2.75, 3.05) is 41.3 Å². The predicted molar refractivity (Wildman–Crippen MR) is 111 cm³/mol. The Kier molecular flexibility index (Phi) is 5.72. The van der Waals surface area contributed by atoms with Crippen molar-refractivity contribution in [2.24, 2.45) is 0 Å². The molecule has 1 aliphatic carbocycles. The van der Waals surface area contributed by atoms with Gasteiger partial charge in [-0.05, 0) is 50.7 Å². The summed E-state index contributed by atoms with van der Waals surface area (Å²) in [5.74, 6) is 2.69. The highest BCUT2D eigenvalue weighted by molar-refractivity contribution is 7.80. The Morgan fingerprint density at radius 3 is 1.92 bits per heavy atom. The van der Waals surface area contributed by atoms with Crippen LogP contribution < -0.4 is 20.4 Å². The molecule has 0 spiro atoms. The van der Waals surface area contributed by atoms with Gasteiger partial charge in [-0.25, -0.2) is 0 Å². The molecule has 0 bridgehead atoms. The SMILES string of the molecule is S=C(Nc1nc(N2CCCC2)cc(N2CCCC2)n1)NC1CCCCC1. The topological polar surface area (TPSA) is 56.3 Å². The first-order chi connectivity index (χ1) is 12.8. The number of aromatic nitrogens is 2. The van der Waals surface area contributed by atoms with Gasteiger partial charge in [0.1, 0.15) is 11.6 Å². The molecule has 6 nitrogen and oxygen atoms in total. The van der Waals surface area contributed by atoms with Crippen molar-refractivity contribution in [3.63, 3.8) is 0 Å². The van der Waals surface area contributed by atoms with E-state index >= 15 is 0 Å². The first-order valence-corrected chi connectivity index (χ1v) is 10.7. The minimum Gasteiger partial charge on any atom is -0.360 e. The number of nitrogens with one attached hydrogen (secondary N) is 2. The summed E-state index contributed by atoms with van der Waals surface area (Å²) < 4.78 is 0. The van der Waals surface area contributed by atoms with Crippen molar-refractivity contribution in [2.45, 2.75) is 63.8 Å². The Bertz CT molecular complexity index is 584. The summed E-state index contributed by atoms with van der Waals surface area (Å²) in [5, 5.41) is 7.38. The van der Waals surface area contributed by atoms with E-state index in [1.165, 1.54) is 57.8 Å². The van der Waals surface area contributed by atoms with Crippen LogP contribution in [-0.4, -0.2) is 47.3 Å². The van der Waals surface area contributed by atoms with Crippen LogP contribution in [0.2, 0.25) is 0 Å². The summed E-state index contributed by atoms with van der Waals surface area (Å²) in [6.45, 7) is 4.34. The summed E-state index contributed by atoms with van der Waals surface area (Å²) in [5.41, 5.74) is 0. The molecule has 0 amide bonds. The normalized spacial score (nSPS) is 21.2. The lowest BCUT2D eigenvalue weighted by molar-refractivity contribution is 0.414. The molecule has 2 N–H and O–H groups in total. The van der Waals surface area contributed by atoms with Crippen LogP contribution in [0.1, 0.15) is 57.8 Å². The van der Waals surface area contributed by atoms with Crippen LogP contribution in [0.15, 0.2) is 6.07 Å². The van der Waals surface area contributed by atoms with Gasteiger partial charge in [0.15, 0.2) is 5.11 Å². The van der Waals surface area contributed by atoms with Gasteiger partial charge in [0, 0.05) is 38.3 Å². The molecule has 3 fully saturated rings. The fourth-order valence-electron chi connectivity index (χ4n) is 4.26. The van der Waals surface area contributed by atoms with Crippen molar-refractivity contribution >= 4 is 34.9 Å². The molecule has 0 atom stereocenters. The molecule has 7 heteroatoms. The van der Waals surface area contributed by atoms with E-state index in [1.54, 1.807) is 0 Å². The van der Waals surface area contributed by atoms with Crippen LogP contribution in [0, 0.1) is 0 Å². The van der Waals surface area contributed by atoms with Gasteiger partial charge in [-0.1, -0.05) is 19.3 Å². The molecule has 4 rings (SSSR count). The van der Waals surface area contributed by atoms with E-state index in [-0.39, 0.29) is 0 Å². The first-order valence-electron chi connectivity index (χ1n) is 10.2. The number of thiocarbonyl (C=S) groups is 1. The second kappa shape index (κ2) is 8.37. The van der Waals surface area contributed by atoms with Crippen LogP contribution in [0.5, 0.6) is 0 Å². The van der Waals surface area contributed by atoms with Gasteiger partial charge in [0.2, 0.25) is 5.95 Å². The molecule has 0 radical (unpaired) electrons. The van der Waals surface area contributed by atoms with Gasteiger partial charge in [-0.2, -0.15) is 9.97 Å². The standard InChI is InChI=1S/C19H30N6S/c26-19(20-15-8-2-1-3-9-15)23-18-21-16(24-10-4-5-11-24)14-17(22-18)25-12-6-7-13-25/h14-15H,1-13H2,(H2,20,21,22,23,26). The molecule has 0 aromatic carbocycles. The molecule has 2 aliphatic heterocycles. The van der Waals surface area contributed by atoms with E-state index in [0.29, 0.717) is 17.1 Å². The number of rotatable bonds is 4. The molecular formula is C19H30N6S. The largest absolute Gasteiger partial charge is 0.360 e. The van der Waals surface area contributed by atoms with Crippen LogP contribution in [0.25, 0.3) is 0 Å². The van der Waals surface area contributed by atoms with E-state index in [9.17, 15) is 0 Å². The van der Waals surface area contributed by atoms with Crippen molar-refractivity contribution in [1.29, 1.82) is 0 Å². The molecule has 0 unspecified atom stereocenters. The minimum atomic E-state index is 0.489. The predicted octanol–water partition coefficient (Wildman–Crippen LogP) is 3.30. The van der Waals surface area contributed by atoms with Crippen LogP contribution in [0.4, 0.5) is 17.6 Å². The van der Waals surface area contributed by atoms with Gasteiger partial charge < -0.3 is 20.4 Å². The van der Waals surface area contributed by atoms with Crippen molar-refractivity contribution in [1.82, 2.24) is 15.3 Å². The maximum absolute atomic E-state index is 5.54. The highest BCUT2D eigenvalue weighted by Crippen LogP contribution is 2.26. The minimum absolute atomic E-state index is 0.489. The molecule has 26 heavy (non-hydrogen) atoms. The van der Waals surface area contributed by atoms with Crippen LogP contribution in [-0.2, 0) is 0 Å². The number of hydrogen-bond donors (Lipinski definition) is 2. The molecule has 1 aromatic rings. The lowest BCUT2D eigenvalue weighted by Gasteiger charge is -2.25. The lowest BCUT2D eigenvalue weighted by Crippen LogP contribution is -2.39. The Labute approximate surface area is 161 Å². The Morgan fingerprint density at radius 1 is 0.846 bits per heavy atom. The van der Waals surface area contributed by atoms with Gasteiger partial charge in [0.25, 0.3) is 0 Å². The number of anilines is 3. The zero-order valence-electron chi connectivity index (χ0n) is 15.5. The zero-order valence-corrected chi connectivity index (χ0v) is 16.4. The van der Waals surface area contributed by atoms with E-state index in [2.05, 4.69) is 26.5 Å². The van der Waals surface area contributed by atoms with Gasteiger partial charge in [-0.3, -0.25) is 0 Å². The molecule has 3 aliphatic rings. The van der Waals surface area contributed by atoms with Crippen molar-refractivity contribution < 1.29 is 0 Å². The summed E-state index contributed by atoms with van der Waals surface area (Å²) in [6.07, 6.45) is 11.3. The molecule has 1 saturated carbocycles. The number of nitrogens with zero attached hydrogens (tertiary/aromatic N) is 4. The average Bonchev–Trinajstić information content (AvgIpc) is 3.36.